The predicted octanol–water partition coefficient (Wildman–Crippen LogP) is 3.54. The summed E-state index contributed by atoms with van der Waals surface area (Å²) in [6, 6.07) is 13.7. The third-order valence-corrected chi connectivity index (χ3v) is 3.81. The topological polar surface area (TPSA) is 90.1 Å². The molecule has 1 N–H and O–H groups in total. The van der Waals surface area contributed by atoms with Gasteiger partial charge in [-0.2, -0.15) is 4.68 Å². The highest BCUT2D eigenvalue weighted by molar-refractivity contribution is 6.04. The van der Waals surface area contributed by atoms with Gasteiger partial charge >= 0.3 is 5.82 Å². The zero-order chi connectivity index (χ0) is 18.7. The number of carbonyl (C=O) groups is 1. The largest absolute Gasteiger partial charge is 0.390 e. The van der Waals surface area contributed by atoms with Crippen molar-refractivity contribution in [3.63, 3.8) is 0 Å². The van der Waals surface area contributed by atoms with Crippen LogP contribution < -0.4 is 5.32 Å². The van der Waals surface area contributed by atoms with Crippen LogP contribution in [0, 0.1) is 22.9 Å². The molecule has 0 radical (unpaired) electrons. The molecule has 0 fully saturated rings. The Balaban J connectivity index is 1.69. The summed E-state index contributed by atoms with van der Waals surface area (Å²) in [5.41, 5.74) is 2.47. The van der Waals surface area contributed by atoms with Crippen LogP contribution in [0.3, 0.4) is 0 Å². The molecule has 0 saturated carbocycles. The third kappa shape index (κ3) is 3.92. The number of benzene rings is 2. The van der Waals surface area contributed by atoms with Gasteiger partial charge in [-0.3, -0.25) is 4.79 Å². The number of carbonyl (C=O) groups excluding carboxylic acids is 1. The summed E-state index contributed by atoms with van der Waals surface area (Å²) in [7, 11) is 0. The second-order valence-corrected chi connectivity index (χ2v) is 5.72. The predicted molar refractivity (Wildman–Crippen MR) is 93.5 cm³/mol. The van der Waals surface area contributed by atoms with Gasteiger partial charge in [-0.25, -0.2) is 4.39 Å². The number of halogens is 1. The fourth-order valence-corrected chi connectivity index (χ4v) is 2.41. The molecule has 8 heteroatoms. The lowest BCUT2D eigenvalue weighted by atomic mass is 10.1. The molecule has 0 aliphatic rings. The molecule has 7 nitrogen and oxygen atoms in total. The van der Waals surface area contributed by atoms with Gasteiger partial charge in [0.25, 0.3) is 5.91 Å². The number of hydrogen-bond acceptors (Lipinski definition) is 4. The molecule has 1 aromatic heterocycles. The van der Waals surface area contributed by atoms with E-state index in [2.05, 4.69) is 10.4 Å². The normalized spacial score (nSPS) is 10.5. The Kier molecular flexibility index (Phi) is 4.74. The lowest BCUT2D eigenvalue weighted by molar-refractivity contribution is -0.389. The first-order valence-electron chi connectivity index (χ1n) is 7.77. The van der Waals surface area contributed by atoms with Crippen molar-refractivity contribution in [1.82, 2.24) is 9.78 Å². The minimum Gasteiger partial charge on any atom is -0.358 e. The standard InChI is InChI=1S/C18H15FN4O3/c1-12-10-17(23(25)26)21-22(12)11-13-2-4-14(5-3-13)18(24)20-16-8-6-15(19)7-9-16/h2-10H,11H2,1H3,(H,20,24). The van der Waals surface area contributed by atoms with Crippen LogP contribution in [0.5, 0.6) is 0 Å². The van der Waals surface area contributed by atoms with Gasteiger partial charge in [0.15, 0.2) is 0 Å². The second-order valence-electron chi connectivity index (χ2n) is 5.72. The maximum absolute atomic E-state index is 12.9. The van der Waals surface area contributed by atoms with Gasteiger partial charge in [-0.05, 0) is 53.8 Å². The SMILES string of the molecule is Cc1cc([N+](=O)[O-])nn1Cc1ccc(C(=O)Nc2ccc(F)cc2)cc1. The molecule has 3 aromatic rings. The molecule has 1 amide bonds. The van der Waals surface area contributed by atoms with Crippen molar-refractivity contribution in [2.45, 2.75) is 13.5 Å². The molecule has 0 bridgehead atoms. The smallest absolute Gasteiger partial charge is 0.358 e. The number of anilines is 1. The summed E-state index contributed by atoms with van der Waals surface area (Å²) in [6.45, 7) is 2.10. The van der Waals surface area contributed by atoms with Gasteiger partial charge in [-0.15, -0.1) is 0 Å². The zero-order valence-corrected chi connectivity index (χ0v) is 13.8. The Morgan fingerprint density at radius 2 is 1.85 bits per heavy atom. The summed E-state index contributed by atoms with van der Waals surface area (Å²) < 4.78 is 14.4. The average molecular weight is 354 g/mol. The van der Waals surface area contributed by atoms with Crippen LogP contribution >= 0.6 is 0 Å². The van der Waals surface area contributed by atoms with Gasteiger partial charge in [0.2, 0.25) is 0 Å². The number of aryl methyl sites for hydroxylation is 1. The van der Waals surface area contributed by atoms with Crippen LogP contribution in [-0.2, 0) is 6.54 Å². The molecule has 132 valence electrons. The van der Waals surface area contributed by atoms with E-state index >= 15 is 0 Å². The van der Waals surface area contributed by atoms with Gasteiger partial charge in [0.05, 0.1) is 23.4 Å². The summed E-state index contributed by atoms with van der Waals surface area (Å²) in [5.74, 6) is -0.881. The monoisotopic (exact) mass is 354 g/mol. The minimum atomic E-state index is -0.535. The summed E-state index contributed by atoms with van der Waals surface area (Å²) in [6.07, 6.45) is 0. The summed E-state index contributed by atoms with van der Waals surface area (Å²) >= 11 is 0. The van der Waals surface area contributed by atoms with Crippen LogP contribution in [-0.4, -0.2) is 20.6 Å². The zero-order valence-electron chi connectivity index (χ0n) is 13.8. The minimum absolute atomic E-state index is 0.196. The van der Waals surface area contributed by atoms with E-state index in [0.29, 0.717) is 23.5 Å². The van der Waals surface area contributed by atoms with E-state index in [9.17, 15) is 19.3 Å². The van der Waals surface area contributed by atoms with E-state index in [0.717, 1.165) is 5.56 Å². The summed E-state index contributed by atoms with van der Waals surface area (Å²) in [4.78, 5) is 22.4. The molecular weight excluding hydrogens is 339 g/mol. The number of hydrogen-bond donors (Lipinski definition) is 1. The highest BCUT2D eigenvalue weighted by Gasteiger charge is 2.15. The lowest BCUT2D eigenvalue weighted by Gasteiger charge is -2.06. The third-order valence-electron chi connectivity index (χ3n) is 3.81. The number of nitro groups is 1. The van der Waals surface area contributed by atoms with Crippen molar-refractivity contribution in [2.75, 3.05) is 5.32 Å². The maximum Gasteiger partial charge on any atom is 0.390 e. The average Bonchev–Trinajstić information content (AvgIpc) is 2.98. The molecule has 3 rings (SSSR count). The van der Waals surface area contributed by atoms with Crippen LogP contribution in [0.25, 0.3) is 0 Å². The highest BCUT2D eigenvalue weighted by atomic mass is 19.1. The molecule has 1 heterocycles. The molecule has 0 aliphatic heterocycles. The van der Waals surface area contributed by atoms with Gasteiger partial charge in [-0.1, -0.05) is 12.1 Å². The van der Waals surface area contributed by atoms with Gasteiger partial charge in [0, 0.05) is 11.3 Å². The van der Waals surface area contributed by atoms with E-state index in [4.69, 9.17) is 0 Å². The fraction of sp³-hybridized carbons (Fsp3) is 0.111. The highest BCUT2D eigenvalue weighted by Crippen LogP contribution is 2.15. The number of nitrogens with one attached hydrogen (secondary N) is 1. The summed E-state index contributed by atoms with van der Waals surface area (Å²) in [5, 5.41) is 17.4. The van der Waals surface area contributed by atoms with Crippen molar-refractivity contribution in [2.24, 2.45) is 0 Å². The Bertz CT molecular complexity index is 950. The Morgan fingerprint density at radius 3 is 2.42 bits per heavy atom. The second kappa shape index (κ2) is 7.14. The molecular formula is C18H15FN4O3. The number of nitrogens with zero attached hydrogens (tertiary/aromatic N) is 3. The van der Waals surface area contributed by atoms with E-state index in [-0.39, 0.29) is 17.5 Å². The van der Waals surface area contributed by atoms with E-state index in [1.54, 1.807) is 31.2 Å². The van der Waals surface area contributed by atoms with E-state index in [1.807, 2.05) is 0 Å². The molecule has 0 atom stereocenters. The van der Waals surface area contributed by atoms with Crippen LogP contribution in [0.4, 0.5) is 15.9 Å². The molecule has 0 spiro atoms. The number of rotatable bonds is 5. The van der Waals surface area contributed by atoms with Crippen molar-refractivity contribution in [3.8, 4) is 0 Å². The molecule has 0 aliphatic carbocycles. The number of amides is 1. The lowest BCUT2D eigenvalue weighted by Crippen LogP contribution is -2.12. The first kappa shape index (κ1) is 17.3. The van der Waals surface area contributed by atoms with Gasteiger partial charge in [0.1, 0.15) is 5.82 Å². The molecule has 0 unspecified atom stereocenters. The Hall–Kier alpha value is -3.55. The number of aromatic nitrogens is 2. The van der Waals surface area contributed by atoms with Gasteiger partial charge < -0.3 is 15.4 Å². The van der Waals surface area contributed by atoms with Crippen LogP contribution in [0.2, 0.25) is 0 Å². The maximum atomic E-state index is 12.9. The first-order chi connectivity index (χ1) is 12.4. The van der Waals surface area contributed by atoms with E-state index < -0.39 is 4.92 Å². The van der Waals surface area contributed by atoms with Crippen LogP contribution in [0.1, 0.15) is 21.6 Å². The first-order valence-corrected chi connectivity index (χ1v) is 7.77. The molecule has 2 aromatic carbocycles. The quantitative estimate of drug-likeness (QED) is 0.560. The fourth-order valence-electron chi connectivity index (χ4n) is 2.41. The Morgan fingerprint density at radius 1 is 1.19 bits per heavy atom. The van der Waals surface area contributed by atoms with Crippen molar-refractivity contribution in [3.05, 3.63) is 87.3 Å². The van der Waals surface area contributed by atoms with Crippen LogP contribution in [0.15, 0.2) is 54.6 Å². The molecule has 0 saturated heterocycles. The Labute approximate surface area is 148 Å². The molecule has 26 heavy (non-hydrogen) atoms. The van der Waals surface area contributed by atoms with Crippen molar-refractivity contribution >= 4 is 17.4 Å². The van der Waals surface area contributed by atoms with Crippen molar-refractivity contribution in [1.29, 1.82) is 0 Å². The van der Waals surface area contributed by atoms with Crippen molar-refractivity contribution < 1.29 is 14.1 Å². The van der Waals surface area contributed by atoms with E-state index in [1.165, 1.54) is 35.0 Å².